The maximum atomic E-state index is 9.55. The average molecular weight is 287 g/mol. The first-order valence-electron chi connectivity index (χ1n) is 6.24. The fourth-order valence-corrected chi connectivity index (χ4v) is 2.27. The maximum absolute atomic E-state index is 9.55. The first-order chi connectivity index (χ1) is 9.52. The average Bonchev–Trinajstić information content (AvgIpc) is 2.46. The Kier molecular flexibility index (Phi) is 4.29. The molecule has 0 saturated carbocycles. The molecular weight excluding hydrogens is 272 g/mol. The number of benzene rings is 2. The fraction of sp³-hybridized carbons (Fsp3) is 0.188. The van der Waals surface area contributed by atoms with Crippen LogP contribution in [0.3, 0.4) is 0 Å². The molecule has 0 aliphatic rings. The van der Waals surface area contributed by atoms with Gasteiger partial charge in [-0.2, -0.15) is 5.26 Å². The number of hydrogen-bond acceptors (Lipinski definition) is 3. The summed E-state index contributed by atoms with van der Waals surface area (Å²) in [6.07, 6.45) is -0.540. The number of hydrogen-bond donors (Lipinski definition) is 1. The van der Waals surface area contributed by atoms with E-state index >= 15 is 0 Å². The van der Waals surface area contributed by atoms with Crippen LogP contribution in [0.15, 0.2) is 42.5 Å². The Labute approximate surface area is 123 Å². The van der Waals surface area contributed by atoms with E-state index in [0.29, 0.717) is 10.6 Å². The molecule has 0 fully saturated rings. The summed E-state index contributed by atoms with van der Waals surface area (Å²) in [4.78, 5) is 1.94. The molecule has 2 rings (SSSR count). The SMILES string of the molecule is CC(O)c1ccc(N(C)c2ccc(C#N)cc2)c(Cl)c1. The van der Waals surface area contributed by atoms with Gasteiger partial charge >= 0.3 is 0 Å². The van der Waals surface area contributed by atoms with Crippen molar-refractivity contribution >= 4 is 23.0 Å². The molecule has 0 bridgehead atoms. The van der Waals surface area contributed by atoms with Crippen molar-refractivity contribution in [2.24, 2.45) is 0 Å². The molecule has 1 unspecified atom stereocenters. The number of halogens is 1. The molecule has 0 amide bonds. The Morgan fingerprint density at radius 1 is 1.20 bits per heavy atom. The Hall–Kier alpha value is -2.02. The number of anilines is 2. The number of nitriles is 1. The minimum atomic E-state index is -0.540. The van der Waals surface area contributed by atoms with Crippen LogP contribution in [0.25, 0.3) is 0 Å². The highest BCUT2D eigenvalue weighted by atomic mass is 35.5. The van der Waals surface area contributed by atoms with Crippen molar-refractivity contribution < 1.29 is 5.11 Å². The smallest absolute Gasteiger partial charge is 0.0991 e. The molecule has 0 radical (unpaired) electrons. The molecule has 0 saturated heterocycles. The van der Waals surface area contributed by atoms with E-state index in [4.69, 9.17) is 16.9 Å². The van der Waals surface area contributed by atoms with E-state index in [1.165, 1.54) is 0 Å². The van der Waals surface area contributed by atoms with E-state index in [2.05, 4.69) is 6.07 Å². The Morgan fingerprint density at radius 3 is 2.35 bits per heavy atom. The number of nitrogens with zero attached hydrogens (tertiary/aromatic N) is 2. The second-order valence-corrected chi connectivity index (χ2v) is 5.01. The van der Waals surface area contributed by atoms with E-state index in [-0.39, 0.29) is 0 Å². The molecule has 0 aliphatic carbocycles. The summed E-state index contributed by atoms with van der Waals surface area (Å²) in [5, 5.41) is 18.9. The van der Waals surface area contributed by atoms with Gasteiger partial charge in [-0.1, -0.05) is 17.7 Å². The molecular formula is C16H15ClN2O. The van der Waals surface area contributed by atoms with Gasteiger partial charge in [0.2, 0.25) is 0 Å². The van der Waals surface area contributed by atoms with E-state index < -0.39 is 6.10 Å². The number of rotatable bonds is 3. The van der Waals surface area contributed by atoms with Crippen LogP contribution in [0.2, 0.25) is 5.02 Å². The van der Waals surface area contributed by atoms with Crippen molar-refractivity contribution in [2.45, 2.75) is 13.0 Å². The van der Waals surface area contributed by atoms with Crippen LogP contribution in [0.4, 0.5) is 11.4 Å². The lowest BCUT2D eigenvalue weighted by Gasteiger charge is -2.21. The van der Waals surface area contributed by atoms with Crippen molar-refractivity contribution in [3.05, 3.63) is 58.6 Å². The zero-order chi connectivity index (χ0) is 14.7. The summed E-state index contributed by atoms with van der Waals surface area (Å²) in [6, 6.07) is 14.9. The van der Waals surface area contributed by atoms with Crippen LogP contribution in [0, 0.1) is 11.3 Å². The minimum Gasteiger partial charge on any atom is -0.389 e. The lowest BCUT2D eigenvalue weighted by Crippen LogP contribution is -2.10. The van der Waals surface area contributed by atoms with Crippen molar-refractivity contribution in [1.29, 1.82) is 5.26 Å². The monoisotopic (exact) mass is 286 g/mol. The van der Waals surface area contributed by atoms with Gasteiger partial charge in [0, 0.05) is 12.7 Å². The van der Waals surface area contributed by atoms with E-state index in [9.17, 15) is 5.11 Å². The summed E-state index contributed by atoms with van der Waals surface area (Å²) >= 11 is 6.27. The van der Waals surface area contributed by atoms with Gasteiger partial charge in [0.25, 0.3) is 0 Å². The molecule has 0 aromatic heterocycles. The van der Waals surface area contributed by atoms with E-state index in [1.54, 1.807) is 25.1 Å². The molecule has 20 heavy (non-hydrogen) atoms. The molecule has 4 heteroatoms. The molecule has 0 aliphatic heterocycles. The first-order valence-corrected chi connectivity index (χ1v) is 6.62. The second kappa shape index (κ2) is 5.96. The minimum absolute atomic E-state index is 0.540. The summed E-state index contributed by atoms with van der Waals surface area (Å²) in [5.41, 5.74) is 3.20. The summed E-state index contributed by atoms with van der Waals surface area (Å²) in [7, 11) is 1.91. The third kappa shape index (κ3) is 2.93. The normalized spacial score (nSPS) is 11.8. The fourth-order valence-electron chi connectivity index (χ4n) is 1.95. The van der Waals surface area contributed by atoms with Crippen molar-refractivity contribution in [3.63, 3.8) is 0 Å². The second-order valence-electron chi connectivity index (χ2n) is 4.60. The third-order valence-electron chi connectivity index (χ3n) is 3.20. The van der Waals surface area contributed by atoms with Crippen molar-refractivity contribution in [2.75, 3.05) is 11.9 Å². The zero-order valence-electron chi connectivity index (χ0n) is 11.3. The summed E-state index contributed by atoms with van der Waals surface area (Å²) < 4.78 is 0. The maximum Gasteiger partial charge on any atom is 0.0991 e. The highest BCUT2D eigenvalue weighted by molar-refractivity contribution is 6.33. The first kappa shape index (κ1) is 14.4. The molecule has 2 aromatic rings. The van der Waals surface area contributed by atoms with Crippen LogP contribution in [-0.2, 0) is 0 Å². The summed E-state index contributed by atoms with van der Waals surface area (Å²) in [6.45, 7) is 1.70. The largest absolute Gasteiger partial charge is 0.389 e. The van der Waals surface area contributed by atoms with Crippen LogP contribution in [-0.4, -0.2) is 12.2 Å². The van der Waals surface area contributed by atoms with Gasteiger partial charge in [-0.3, -0.25) is 0 Å². The molecule has 0 spiro atoms. The van der Waals surface area contributed by atoms with Gasteiger partial charge in [-0.25, -0.2) is 0 Å². The Balaban J connectivity index is 2.33. The molecule has 1 atom stereocenters. The Bertz CT molecular complexity index is 645. The summed E-state index contributed by atoms with van der Waals surface area (Å²) in [5.74, 6) is 0. The molecule has 2 aromatic carbocycles. The predicted molar refractivity (Wildman–Crippen MR) is 81.3 cm³/mol. The van der Waals surface area contributed by atoms with Gasteiger partial charge < -0.3 is 10.0 Å². The van der Waals surface area contributed by atoms with Gasteiger partial charge in [0.1, 0.15) is 0 Å². The van der Waals surface area contributed by atoms with Gasteiger partial charge in [0.15, 0.2) is 0 Å². The molecule has 1 N–H and O–H groups in total. The zero-order valence-corrected chi connectivity index (χ0v) is 12.1. The standard InChI is InChI=1S/C16H15ClN2O/c1-11(20)13-5-8-16(15(17)9-13)19(2)14-6-3-12(10-18)4-7-14/h3-9,11,20H,1-2H3. The Morgan fingerprint density at radius 2 is 1.85 bits per heavy atom. The third-order valence-corrected chi connectivity index (χ3v) is 3.50. The lowest BCUT2D eigenvalue weighted by atomic mass is 10.1. The van der Waals surface area contributed by atoms with Crippen LogP contribution in [0.1, 0.15) is 24.2 Å². The molecule has 102 valence electrons. The van der Waals surface area contributed by atoms with E-state index in [0.717, 1.165) is 16.9 Å². The van der Waals surface area contributed by atoms with Gasteiger partial charge in [-0.15, -0.1) is 0 Å². The number of aliphatic hydroxyl groups excluding tert-OH is 1. The topological polar surface area (TPSA) is 47.3 Å². The molecule has 0 heterocycles. The lowest BCUT2D eigenvalue weighted by molar-refractivity contribution is 0.199. The van der Waals surface area contributed by atoms with Crippen LogP contribution >= 0.6 is 11.6 Å². The predicted octanol–water partition coefficient (Wildman–Crippen LogP) is 4.03. The van der Waals surface area contributed by atoms with Crippen molar-refractivity contribution in [1.82, 2.24) is 0 Å². The van der Waals surface area contributed by atoms with Gasteiger partial charge in [-0.05, 0) is 48.9 Å². The quantitative estimate of drug-likeness (QED) is 0.926. The van der Waals surface area contributed by atoms with Gasteiger partial charge in [0.05, 0.1) is 28.4 Å². The van der Waals surface area contributed by atoms with Crippen molar-refractivity contribution in [3.8, 4) is 6.07 Å². The highest BCUT2D eigenvalue weighted by Gasteiger charge is 2.10. The van der Waals surface area contributed by atoms with E-state index in [1.807, 2.05) is 36.2 Å². The highest BCUT2D eigenvalue weighted by Crippen LogP contribution is 2.32. The molecule has 3 nitrogen and oxygen atoms in total. The van der Waals surface area contributed by atoms with Crippen LogP contribution in [0.5, 0.6) is 0 Å². The number of aliphatic hydroxyl groups is 1. The van der Waals surface area contributed by atoms with Crippen LogP contribution < -0.4 is 4.90 Å².